The second-order valence-electron chi connectivity index (χ2n) is 0.751. The normalized spacial score (nSPS) is 14.1. The summed E-state index contributed by atoms with van der Waals surface area (Å²) in [5, 5.41) is 2.65. The Kier molecular flexibility index (Phi) is 3.40. The van der Waals surface area contributed by atoms with Crippen molar-refractivity contribution in [2.75, 3.05) is 0 Å². The molecule has 7 heteroatoms. The number of thiocarbonyl (C=S) groups is 1. The zero-order valence-corrected chi connectivity index (χ0v) is 5.28. The number of nitrogens with two attached hydrogens (primary N) is 1. The van der Waals surface area contributed by atoms with E-state index in [9.17, 15) is 4.21 Å². The van der Waals surface area contributed by atoms with Crippen LogP contribution in [-0.4, -0.2) is 13.9 Å². The van der Waals surface area contributed by atoms with Gasteiger partial charge in [-0.3, -0.25) is 4.55 Å². The highest BCUT2D eigenvalue weighted by Crippen LogP contribution is 1.78. The van der Waals surface area contributed by atoms with E-state index in [1.54, 1.807) is 0 Å². The molecule has 0 fully saturated rings. The van der Waals surface area contributed by atoms with Crippen molar-refractivity contribution >= 4 is 28.6 Å². The van der Waals surface area contributed by atoms with Crippen LogP contribution < -0.4 is 5.73 Å². The third-order valence-electron chi connectivity index (χ3n) is 0.209. The lowest BCUT2D eigenvalue weighted by Crippen LogP contribution is -2.02. The molecule has 1 unspecified atom stereocenters. The third kappa shape index (κ3) is 5.60. The first-order valence-corrected chi connectivity index (χ1v) is 2.92. The van der Waals surface area contributed by atoms with E-state index in [2.05, 4.69) is 21.9 Å². The lowest BCUT2D eigenvalue weighted by molar-refractivity contribution is 0.564. The zero-order chi connectivity index (χ0) is 6.57. The summed E-state index contributed by atoms with van der Waals surface area (Å²) in [4.78, 5) is 0. The zero-order valence-electron chi connectivity index (χ0n) is 3.64. The monoisotopic (exact) mass is 153 g/mol. The topological polar surface area (TPSA) is 88.0 Å². The molecule has 0 rings (SSSR count). The Balaban J connectivity index is 3.67. The van der Waals surface area contributed by atoms with Gasteiger partial charge >= 0.3 is 11.3 Å². The molecule has 0 aromatic carbocycles. The molecule has 5 nitrogen and oxygen atoms in total. The van der Waals surface area contributed by atoms with E-state index in [1.165, 1.54) is 0 Å². The lowest BCUT2D eigenvalue weighted by Gasteiger charge is -1.77. The minimum absolute atomic E-state index is 0.257. The summed E-state index contributed by atoms with van der Waals surface area (Å²) in [5.41, 5.74) is 4.77. The predicted molar refractivity (Wildman–Crippen MR) is 32.4 cm³/mol. The summed E-state index contributed by atoms with van der Waals surface area (Å²) < 4.78 is 20.2. The summed E-state index contributed by atoms with van der Waals surface area (Å²) in [7, 11) is 0. The van der Waals surface area contributed by atoms with Crippen molar-refractivity contribution < 1.29 is 8.76 Å². The van der Waals surface area contributed by atoms with Gasteiger partial charge in [-0.15, -0.1) is 5.11 Å². The van der Waals surface area contributed by atoms with E-state index in [4.69, 9.17) is 10.3 Å². The van der Waals surface area contributed by atoms with Crippen LogP contribution in [0.5, 0.6) is 0 Å². The van der Waals surface area contributed by atoms with Crippen LogP contribution in [0.3, 0.4) is 0 Å². The Morgan fingerprint density at radius 1 is 1.88 bits per heavy atom. The van der Waals surface area contributed by atoms with Crippen LogP contribution >= 0.6 is 12.2 Å². The maximum Gasteiger partial charge on any atom is 0.301 e. The van der Waals surface area contributed by atoms with Crippen molar-refractivity contribution in [2.24, 2.45) is 15.4 Å². The molecule has 0 heterocycles. The fourth-order valence-corrected chi connectivity index (χ4v) is 0.325. The van der Waals surface area contributed by atoms with Crippen LogP contribution in [0.1, 0.15) is 0 Å². The molecular formula is CH3N3O2S2. The summed E-state index contributed by atoms with van der Waals surface area (Å²) >= 11 is 1.89. The highest BCUT2D eigenvalue weighted by molar-refractivity contribution is 7.80. The summed E-state index contributed by atoms with van der Waals surface area (Å²) in [5.74, 6) is 0. The van der Waals surface area contributed by atoms with E-state index in [-0.39, 0.29) is 5.11 Å². The van der Waals surface area contributed by atoms with Crippen LogP contribution in [-0.2, 0) is 11.3 Å². The standard InChI is InChI=1S/CH3N3O2S2/c2-1(7)3-4-8(5)6/h(H2,2,7)(H,5,6). The fraction of sp³-hybridized carbons (Fsp3) is 0. The van der Waals surface area contributed by atoms with Gasteiger partial charge < -0.3 is 5.73 Å². The molecule has 0 spiro atoms. The van der Waals surface area contributed by atoms with Crippen LogP contribution in [0.4, 0.5) is 0 Å². The van der Waals surface area contributed by atoms with Gasteiger partial charge in [-0.05, 0) is 12.2 Å². The molecule has 3 N–H and O–H groups in total. The number of hydrogen-bond donors (Lipinski definition) is 2. The van der Waals surface area contributed by atoms with Crippen LogP contribution in [0, 0.1) is 0 Å². The summed E-state index contributed by atoms with van der Waals surface area (Å²) in [6, 6.07) is 0. The minimum atomic E-state index is -2.30. The molecule has 0 aromatic heterocycles. The molecule has 0 aliphatic rings. The van der Waals surface area contributed by atoms with Gasteiger partial charge in [0.1, 0.15) is 0 Å². The fourth-order valence-electron chi connectivity index (χ4n) is 0.0752. The molecule has 0 saturated heterocycles. The predicted octanol–water partition coefficient (Wildman–Crippen LogP) is -0.181. The largest absolute Gasteiger partial charge is 0.373 e. The van der Waals surface area contributed by atoms with E-state index in [0.717, 1.165) is 0 Å². The Morgan fingerprint density at radius 2 is 2.38 bits per heavy atom. The Morgan fingerprint density at radius 3 is 2.50 bits per heavy atom. The highest BCUT2D eigenvalue weighted by Gasteiger charge is 1.83. The average molecular weight is 153 g/mol. The molecule has 0 aliphatic carbocycles. The first-order valence-electron chi connectivity index (χ1n) is 1.45. The van der Waals surface area contributed by atoms with Crippen molar-refractivity contribution in [1.82, 2.24) is 0 Å². The van der Waals surface area contributed by atoms with Crippen molar-refractivity contribution in [3.8, 4) is 0 Å². The van der Waals surface area contributed by atoms with Crippen LogP contribution in [0.15, 0.2) is 9.63 Å². The minimum Gasteiger partial charge on any atom is -0.373 e. The molecule has 0 aromatic rings. The molecule has 0 radical (unpaired) electrons. The van der Waals surface area contributed by atoms with Gasteiger partial charge in [0.25, 0.3) is 0 Å². The molecule has 46 valence electrons. The van der Waals surface area contributed by atoms with E-state index >= 15 is 0 Å². The van der Waals surface area contributed by atoms with Crippen molar-refractivity contribution in [3.63, 3.8) is 0 Å². The quantitative estimate of drug-likeness (QED) is 0.310. The molecule has 1 atom stereocenters. The van der Waals surface area contributed by atoms with Gasteiger partial charge in [0, 0.05) is 0 Å². The second-order valence-corrected chi connectivity index (χ2v) is 1.79. The van der Waals surface area contributed by atoms with E-state index < -0.39 is 11.3 Å². The first kappa shape index (κ1) is 7.60. The van der Waals surface area contributed by atoms with Gasteiger partial charge in [-0.2, -0.15) is 0 Å². The van der Waals surface area contributed by atoms with Gasteiger partial charge in [0.2, 0.25) is 5.11 Å². The smallest absolute Gasteiger partial charge is 0.301 e. The van der Waals surface area contributed by atoms with Crippen molar-refractivity contribution in [2.45, 2.75) is 0 Å². The number of rotatable bonds is 1. The highest BCUT2D eigenvalue weighted by atomic mass is 32.2. The average Bonchev–Trinajstić information content (AvgIpc) is 1.61. The SMILES string of the molecule is NC(=S)N=NS(=O)O. The van der Waals surface area contributed by atoms with Crippen molar-refractivity contribution in [1.29, 1.82) is 0 Å². The van der Waals surface area contributed by atoms with Gasteiger partial charge in [0.15, 0.2) is 0 Å². The molecule has 0 amide bonds. The second kappa shape index (κ2) is 3.58. The van der Waals surface area contributed by atoms with Gasteiger partial charge in [0.05, 0.1) is 0 Å². The van der Waals surface area contributed by atoms with E-state index in [1.807, 2.05) is 0 Å². The molecular weight excluding hydrogens is 150 g/mol. The van der Waals surface area contributed by atoms with Gasteiger partial charge in [-0.25, -0.2) is 4.21 Å². The van der Waals surface area contributed by atoms with Crippen LogP contribution in [0.2, 0.25) is 0 Å². The van der Waals surface area contributed by atoms with Gasteiger partial charge in [-0.1, -0.05) is 4.52 Å². The van der Waals surface area contributed by atoms with Crippen LogP contribution in [0.25, 0.3) is 0 Å². The Hall–Kier alpha value is -0.400. The number of hydrogen-bond acceptors (Lipinski definition) is 2. The van der Waals surface area contributed by atoms with E-state index in [0.29, 0.717) is 0 Å². The molecule has 0 saturated carbocycles. The van der Waals surface area contributed by atoms with Crippen molar-refractivity contribution in [3.05, 3.63) is 0 Å². The molecule has 0 bridgehead atoms. The molecule has 0 aliphatic heterocycles. The maximum absolute atomic E-state index is 9.64. The Labute approximate surface area is 53.4 Å². The third-order valence-corrected chi connectivity index (χ3v) is 0.512. The lowest BCUT2D eigenvalue weighted by atomic mass is 11.2. The Bertz CT molecular complexity index is 126. The summed E-state index contributed by atoms with van der Waals surface area (Å²) in [6.07, 6.45) is 0. The first-order chi connectivity index (χ1) is 3.63. The maximum atomic E-state index is 9.64. The summed E-state index contributed by atoms with van der Waals surface area (Å²) in [6.45, 7) is 0. The number of nitrogens with zero attached hydrogens (tertiary/aromatic N) is 2. The molecule has 8 heavy (non-hydrogen) atoms.